The average molecular weight is 338 g/mol. The molecule has 0 amide bonds. The molecule has 0 spiro atoms. The largest absolute Gasteiger partial charge is 0.381 e. The fraction of sp³-hybridized carbons (Fsp3) is 0.722. The van der Waals surface area contributed by atoms with E-state index in [2.05, 4.69) is 48.6 Å². The summed E-state index contributed by atoms with van der Waals surface area (Å²) in [5, 5.41) is 5.57. The quantitative estimate of drug-likeness (QED) is 0.610. The summed E-state index contributed by atoms with van der Waals surface area (Å²) in [5.74, 6) is 2.31. The Bertz CT molecular complexity index is 455. The number of ether oxygens (including phenoxy) is 1. The molecule has 130 valence electrons. The average Bonchev–Trinajstić information content (AvgIpc) is 3.12. The Morgan fingerprint density at radius 1 is 1.48 bits per heavy atom. The van der Waals surface area contributed by atoms with E-state index in [1.807, 2.05) is 11.3 Å². The molecule has 1 atom stereocenters. The van der Waals surface area contributed by atoms with Crippen molar-refractivity contribution in [1.29, 1.82) is 0 Å². The van der Waals surface area contributed by atoms with E-state index < -0.39 is 0 Å². The summed E-state index contributed by atoms with van der Waals surface area (Å²) in [6.07, 6.45) is 3.64. The fourth-order valence-electron chi connectivity index (χ4n) is 2.87. The zero-order valence-corrected chi connectivity index (χ0v) is 15.6. The molecule has 1 saturated heterocycles. The van der Waals surface area contributed by atoms with E-state index in [1.54, 1.807) is 0 Å². The summed E-state index contributed by atoms with van der Waals surface area (Å²) < 4.78 is 5.44. The van der Waals surface area contributed by atoms with Crippen LogP contribution < -0.4 is 5.32 Å². The van der Waals surface area contributed by atoms with E-state index in [9.17, 15) is 0 Å². The van der Waals surface area contributed by atoms with Crippen molar-refractivity contribution in [3.63, 3.8) is 0 Å². The first-order valence-corrected chi connectivity index (χ1v) is 9.69. The smallest absolute Gasteiger partial charge is 0.193 e. The standard InChI is InChI=1S/C18H31N3OS/c1-4-19-18(20-14-15(2)17-6-5-13-23-17)21(3)10-7-16-8-11-22-12-9-16/h5-6,13,15-16H,4,7-12,14H2,1-3H3,(H,19,20). The van der Waals surface area contributed by atoms with Gasteiger partial charge in [0.15, 0.2) is 5.96 Å². The van der Waals surface area contributed by atoms with Gasteiger partial charge in [-0.25, -0.2) is 0 Å². The number of rotatable bonds is 7. The highest BCUT2D eigenvalue weighted by atomic mass is 32.1. The molecule has 2 heterocycles. The van der Waals surface area contributed by atoms with Gasteiger partial charge in [0.1, 0.15) is 0 Å². The molecule has 0 radical (unpaired) electrons. The molecular weight excluding hydrogens is 306 g/mol. The second-order valence-electron chi connectivity index (χ2n) is 6.38. The van der Waals surface area contributed by atoms with Crippen molar-refractivity contribution in [2.75, 3.05) is 39.9 Å². The number of thiophene rings is 1. The predicted molar refractivity (Wildman–Crippen MR) is 99.5 cm³/mol. The molecule has 0 aliphatic carbocycles. The first-order valence-electron chi connectivity index (χ1n) is 8.81. The predicted octanol–water partition coefficient (Wildman–Crippen LogP) is 3.57. The maximum absolute atomic E-state index is 5.44. The lowest BCUT2D eigenvalue weighted by Crippen LogP contribution is -2.40. The highest BCUT2D eigenvalue weighted by Crippen LogP contribution is 2.21. The summed E-state index contributed by atoms with van der Waals surface area (Å²) in [4.78, 5) is 8.54. The molecule has 1 aliphatic heterocycles. The van der Waals surface area contributed by atoms with Crippen molar-refractivity contribution in [2.24, 2.45) is 10.9 Å². The molecule has 1 unspecified atom stereocenters. The van der Waals surface area contributed by atoms with Crippen molar-refractivity contribution >= 4 is 17.3 Å². The minimum atomic E-state index is 0.479. The van der Waals surface area contributed by atoms with Crippen LogP contribution in [0.1, 0.15) is 43.9 Å². The molecule has 5 heteroatoms. The first kappa shape index (κ1) is 18.3. The van der Waals surface area contributed by atoms with Crippen molar-refractivity contribution in [2.45, 2.75) is 39.0 Å². The van der Waals surface area contributed by atoms with Gasteiger partial charge in [-0.3, -0.25) is 4.99 Å². The lowest BCUT2D eigenvalue weighted by Gasteiger charge is -2.27. The summed E-state index contributed by atoms with van der Waals surface area (Å²) in [7, 11) is 2.15. The van der Waals surface area contributed by atoms with Gasteiger partial charge in [0.05, 0.1) is 6.54 Å². The third-order valence-corrected chi connectivity index (χ3v) is 5.56. The Balaban J connectivity index is 1.83. The van der Waals surface area contributed by atoms with Crippen molar-refractivity contribution in [1.82, 2.24) is 10.2 Å². The highest BCUT2D eigenvalue weighted by Gasteiger charge is 2.15. The molecule has 0 saturated carbocycles. The molecule has 0 aromatic carbocycles. The van der Waals surface area contributed by atoms with E-state index in [0.717, 1.165) is 44.7 Å². The molecule has 2 rings (SSSR count). The van der Waals surface area contributed by atoms with E-state index in [1.165, 1.54) is 24.1 Å². The first-order chi connectivity index (χ1) is 11.2. The van der Waals surface area contributed by atoms with Crippen LogP contribution in [0.3, 0.4) is 0 Å². The molecule has 1 aromatic rings. The van der Waals surface area contributed by atoms with E-state index in [4.69, 9.17) is 9.73 Å². The second kappa shape index (κ2) is 9.93. The van der Waals surface area contributed by atoms with Crippen LogP contribution in [0.4, 0.5) is 0 Å². The van der Waals surface area contributed by atoms with E-state index in [0.29, 0.717) is 5.92 Å². The van der Waals surface area contributed by atoms with Gasteiger partial charge in [-0.05, 0) is 43.6 Å². The summed E-state index contributed by atoms with van der Waals surface area (Å²) in [5.41, 5.74) is 0. The monoisotopic (exact) mass is 337 g/mol. The molecule has 1 aliphatic rings. The molecular formula is C18H31N3OS. The number of aliphatic imine (C=N–C) groups is 1. The fourth-order valence-corrected chi connectivity index (χ4v) is 3.65. The van der Waals surface area contributed by atoms with Crippen LogP contribution in [0.25, 0.3) is 0 Å². The van der Waals surface area contributed by atoms with Crippen LogP contribution >= 0.6 is 11.3 Å². The van der Waals surface area contributed by atoms with Gasteiger partial charge < -0.3 is 15.0 Å². The van der Waals surface area contributed by atoms with Crippen molar-refractivity contribution in [3.05, 3.63) is 22.4 Å². The van der Waals surface area contributed by atoms with Crippen molar-refractivity contribution < 1.29 is 4.74 Å². The van der Waals surface area contributed by atoms with Gasteiger partial charge in [0.25, 0.3) is 0 Å². The Morgan fingerprint density at radius 3 is 2.91 bits per heavy atom. The topological polar surface area (TPSA) is 36.9 Å². The van der Waals surface area contributed by atoms with Crippen LogP contribution in [0.5, 0.6) is 0 Å². The van der Waals surface area contributed by atoms with Crippen LogP contribution in [-0.2, 0) is 4.74 Å². The Labute approximate surface area is 144 Å². The zero-order valence-electron chi connectivity index (χ0n) is 14.8. The van der Waals surface area contributed by atoms with Gasteiger partial charge >= 0.3 is 0 Å². The Morgan fingerprint density at radius 2 is 2.26 bits per heavy atom. The minimum absolute atomic E-state index is 0.479. The van der Waals surface area contributed by atoms with Crippen LogP contribution in [0.15, 0.2) is 22.5 Å². The summed E-state index contributed by atoms with van der Waals surface area (Å²) >= 11 is 1.82. The van der Waals surface area contributed by atoms with Gasteiger partial charge in [-0.15, -0.1) is 11.3 Å². The molecule has 1 N–H and O–H groups in total. The third kappa shape index (κ3) is 6.15. The maximum Gasteiger partial charge on any atom is 0.193 e. The molecule has 1 fully saturated rings. The number of guanidine groups is 1. The lowest BCUT2D eigenvalue weighted by molar-refractivity contribution is 0.0625. The molecule has 1 aromatic heterocycles. The van der Waals surface area contributed by atoms with Crippen molar-refractivity contribution in [3.8, 4) is 0 Å². The van der Waals surface area contributed by atoms with E-state index >= 15 is 0 Å². The normalized spacial score (nSPS) is 18.0. The molecule has 23 heavy (non-hydrogen) atoms. The van der Waals surface area contributed by atoms with Gasteiger partial charge in [-0.2, -0.15) is 0 Å². The number of hydrogen-bond donors (Lipinski definition) is 1. The van der Waals surface area contributed by atoms with Gasteiger partial charge in [0, 0.05) is 44.1 Å². The Hall–Kier alpha value is -1.07. The lowest BCUT2D eigenvalue weighted by atomic mass is 9.96. The van der Waals surface area contributed by atoms with Crippen LogP contribution in [-0.4, -0.2) is 50.8 Å². The minimum Gasteiger partial charge on any atom is -0.381 e. The van der Waals surface area contributed by atoms with Gasteiger partial charge in [-0.1, -0.05) is 13.0 Å². The molecule has 4 nitrogen and oxygen atoms in total. The molecule has 0 bridgehead atoms. The SMILES string of the molecule is CCNC(=NCC(C)c1cccs1)N(C)CCC1CCOCC1. The zero-order chi connectivity index (χ0) is 16.5. The van der Waals surface area contributed by atoms with Crippen LogP contribution in [0, 0.1) is 5.92 Å². The highest BCUT2D eigenvalue weighted by molar-refractivity contribution is 7.10. The number of nitrogens with one attached hydrogen (secondary N) is 1. The summed E-state index contributed by atoms with van der Waals surface area (Å²) in [6, 6.07) is 4.32. The van der Waals surface area contributed by atoms with Gasteiger partial charge in [0.2, 0.25) is 0 Å². The second-order valence-corrected chi connectivity index (χ2v) is 7.36. The van der Waals surface area contributed by atoms with E-state index in [-0.39, 0.29) is 0 Å². The Kier molecular flexibility index (Phi) is 7.89. The number of hydrogen-bond acceptors (Lipinski definition) is 3. The maximum atomic E-state index is 5.44. The van der Waals surface area contributed by atoms with Crippen LogP contribution in [0.2, 0.25) is 0 Å². The summed E-state index contributed by atoms with van der Waals surface area (Å²) in [6.45, 7) is 9.05. The number of nitrogens with zero attached hydrogens (tertiary/aromatic N) is 2. The third-order valence-electron chi connectivity index (χ3n) is 4.45.